The van der Waals surface area contributed by atoms with Gasteiger partial charge < -0.3 is 9.47 Å². The van der Waals surface area contributed by atoms with E-state index < -0.39 is 0 Å². The topological polar surface area (TPSA) is 30.5 Å². The Labute approximate surface area is 103 Å². The fourth-order valence-corrected chi connectivity index (χ4v) is 2.36. The molecule has 94 valence electrons. The zero-order chi connectivity index (χ0) is 12.5. The van der Waals surface area contributed by atoms with Crippen molar-refractivity contribution in [2.45, 2.75) is 38.5 Å². The van der Waals surface area contributed by atoms with E-state index in [1.165, 1.54) is 5.56 Å². The predicted octanol–water partition coefficient (Wildman–Crippen LogP) is 2.35. The molecule has 1 saturated heterocycles. The van der Waals surface area contributed by atoms with Gasteiger partial charge >= 0.3 is 0 Å². The molecule has 1 aromatic rings. The van der Waals surface area contributed by atoms with Gasteiger partial charge in [-0.05, 0) is 38.5 Å². The van der Waals surface area contributed by atoms with Crippen molar-refractivity contribution in [3.8, 4) is 5.75 Å². The van der Waals surface area contributed by atoms with Gasteiger partial charge in [0.1, 0.15) is 11.5 Å². The van der Waals surface area contributed by atoms with Gasteiger partial charge in [-0.3, -0.25) is 5.32 Å². The van der Waals surface area contributed by atoms with Crippen LogP contribution in [0.1, 0.15) is 26.3 Å². The number of methoxy groups -OCH3 is 1. The summed E-state index contributed by atoms with van der Waals surface area (Å²) in [4.78, 5) is 0. The van der Waals surface area contributed by atoms with Gasteiger partial charge in [0.2, 0.25) is 0 Å². The van der Waals surface area contributed by atoms with Crippen LogP contribution >= 0.6 is 0 Å². The normalized spacial score (nSPS) is 27.1. The molecule has 0 spiro atoms. The third-order valence-electron chi connectivity index (χ3n) is 3.05. The third kappa shape index (κ3) is 2.99. The highest BCUT2D eigenvalue weighted by Crippen LogP contribution is 2.26. The third-order valence-corrected chi connectivity index (χ3v) is 3.05. The zero-order valence-electron chi connectivity index (χ0n) is 11.0. The second kappa shape index (κ2) is 4.31. The van der Waals surface area contributed by atoms with Gasteiger partial charge in [-0.1, -0.05) is 12.1 Å². The van der Waals surface area contributed by atoms with Gasteiger partial charge in [-0.25, -0.2) is 0 Å². The summed E-state index contributed by atoms with van der Waals surface area (Å²) in [5.74, 6) is 0.888. The molecule has 1 aliphatic heterocycles. The molecule has 0 radical (unpaired) electrons. The summed E-state index contributed by atoms with van der Waals surface area (Å²) in [5, 5.41) is 3.53. The molecule has 1 N–H and O–H groups in total. The van der Waals surface area contributed by atoms with Crippen LogP contribution in [0.15, 0.2) is 24.3 Å². The summed E-state index contributed by atoms with van der Waals surface area (Å²) < 4.78 is 11.0. The number of hydrogen-bond donors (Lipinski definition) is 1. The van der Waals surface area contributed by atoms with Crippen molar-refractivity contribution in [2.24, 2.45) is 0 Å². The molecular formula is C14H21NO2. The van der Waals surface area contributed by atoms with Crippen LogP contribution in [0.25, 0.3) is 0 Å². The Morgan fingerprint density at radius 2 is 1.88 bits per heavy atom. The monoisotopic (exact) mass is 235 g/mol. The minimum absolute atomic E-state index is 0.0568. The van der Waals surface area contributed by atoms with Gasteiger partial charge in [0.25, 0.3) is 0 Å². The number of rotatable bonds is 3. The lowest BCUT2D eigenvalue weighted by molar-refractivity contribution is 0.00669. The Morgan fingerprint density at radius 1 is 1.24 bits per heavy atom. The summed E-state index contributed by atoms with van der Waals surface area (Å²) in [7, 11) is 1.68. The first-order valence-corrected chi connectivity index (χ1v) is 5.99. The second-order valence-electron chi connectivity index (χ2n) is 5.55. The van der Waals surface area contributed by atoms with Crippen molar-refractivity contribution in [1.82, 2.24) is 5.32 Å². The van der Waals surface area contributed by atoms with Crippen molar-refractivity contribution in [3.05, 3.63) is 29.8 Å². The fourth-order valence-electron chi connectivity index (χ4n) is 2.36. The van der Waals surface area contributed by atoms with E-state index in [4.69, 9.17) is 9.47 Å². The lowest BCUT2D eigenvalue weighted by Gasteiger charge is -2.26. The summed E-state index contributed by atoms with van der Waals surface area (Å²) in [6.07, 6.45) is 0.862. The molecular weight excluding hydrogens is 214 g/mol. The quantitative estimate of drug-likeness (QED) is 0.872. The Bertz CT molecular complexity index is 386. The Hall–Kier alpha value is -1.06. The fraction of sp³-hybridized carbons (Fsp3) is 0.571. The van der Waals surface area contributed by atoms with E-state index in [0.29, 0.717) is 0 Å². The van der Waals surface area contributed by atoms with E-state index in [9.17, 15) is 0 Å². The van der Waals surface area contributed by atoms with E-state index in [0.717, 1.165) is 18.8 Å². The number of hydrogen-bond acceptors (Lipinski definition) is 3. The molecule has 0 aliphatic carbocycles. The van der Waals surface area contributed by atoms with Crippen LogP contribution in [-0.2, 0) is 11.2 Å². The van der Waals surface area contributed by atoms with Crippen molar-refractivity contribution in [1.29, 1.82) is 0 Å². The molecule has 0 bridgehead atoms. The number of benzene rings is 1. The van der Waals surface area contributed by atoms with Crippen molar-refractivity contribution < 1.29 is 9.47 Å². The standard InChI is InChI=1S/C14H21NO2/c1-13(2)10-17-14(3,15-13)9-11-5-7-12(16-4)8-6-11/h5-8,15H,9-10H2,1-4H3. The Morgan fingerprint density at radius 3 is 2.35 bits per heavy atom. The average Bonchev–Trinajstić information content (AvgIpc) is 2.54. The summed E-state index contributed by atoms with van der Waals surface area (Å²) in [5.41, 5.74) is 1.04. The van der Waals surface area contributed by atoms with Crippen LogP contribution in [-0.4, -0.2) is 25.0 Å². The first kappa shape index (κ1) is 12.4. The smallest absolute Gasteiger partial charge is 0.121 e. The first-order chi connectivity index (χ1) is 7.92. The van der Waals surface area contributed by atoms with Gasteiger partial charge in [0.05, 0.1) is 13.7 Å². The predicted molar refractivity (Wildman–Crippen MR) is 68.3 cm³/mol. The molecule has 3 heteroatoms. The van der Waals surface area contributed by atoms with Crippen LogP contribution in [0, 0.1) is 0 Å². The molecule has 3 nitrogen and oxygen atoms in total. The zero-order valence-corrected chi connectivity index (χ0v) is 11.0. The molecule has 1 heterocycles. The van der Waals surface area contributed by atoms with Crippen molar-refractivity contribution in [3.63, 3.8) is 0 Å². The first-order valence-electron chi connectivity index (χ1n) is 5.99. The molecule has 0 amide bonds. The molecule has 1 unspecified atom stereocenters. The van der Waals surface area contributed by atoms with Crippen LogP contribution < -0.4 is 10.1 Å². The summed E-state index contributed by atoms with van der Waals surface area (Å²) in [6.45, 7) is 7.17. The van der Waals surface area contributed by atoms with Gasteiger partial charge in [-0.2, -0.15) is 0 Å². The van der Waals surface area contributed by atoms with Gasteiger partial charge in [0.15, 0.2) is 0 Å². The number of nitrogens with one attached hydrogen (secondary N) is 1. The molecule has 0 saturated carbocycles. The lowest BCUT2D eigenvalue weighted by Crippen LogP contribution is -2.47. The minimum atomic E-state index is -0.266. The lowest BCUT2D eigenvalue weighted by atomic mass is 10.0. The van der Waals surface area contributed by atoms with E-state index in [-0.39, 0.29) is 11.3 Å². The maximum absolute atomic E-state index is 5.87. The minimum Gasteiger partial charge on any atom is -0.497 e. The second-order valence-corrected chi connectivity index (χ2v) is 5.55. The maximum atomic E-state index is 5.87. The summed E-state index contributed by atoms with van der Waals surface area (Å²) in [6, 6.07) is 8.14. The summed E-state index contributed by atoms with van der Waals surface area (Å²) >= 11 is 0. The van der Waals surface area contributed by atoms with Crippen molar-refractivity contribution >= 4 is 0 Å². The SMILES string of the molecule is COc1ccc(CC2(C)NC(C)(C)CO2)cc1. The Balaban J connectivity index is 2.05. The largest absolute Gasteiger partial charge is 0.497 e. The van der Waals surface area contributed by atoms with Gasteiger partial charge in [-0.15, -0.1) is 0 Å². The molecule has 17 heavy (non-hydrogen) atoms. The molecule has 2 rings (SSSR count). The van der Waals surface area contributed by atoms with E-state index in [1.807, 2.05) is 12.1 Å². The molecule has 1 aromatic carbocycles. The Kier molecular flexibility index (Phi) is 3.15. The van der Waals surface area contributed by atoms with E-state index in [1.54, 1.807) is 7.11 Å². The van der Waals surface area contributed by atoms with Crippen LogP contribution in [0.5, 0.6) is 5.75 Å². The highest BCUT2D eigenvalue weighted by Gasteiger charge is 2.39. The molecule has 1 fully saturated rings. The maximum Gasteiger partial charge on any atom is 0.121 e. The molecule has 1 atom stereocenters. The van der Waals surface area contributed by atoms with Gasteiger partial charge in [0, 0.05) is 12.0 Å². The molecule has 0 aromatic heterocycles. The van der Waals surface area contributed by atoms with Crippen LogP contribution in [0.2, 0.25) is 0 Å². The van der Waals surface area contributed by atoms with Crippen LogP contribution in [0.3, 0.4) is 0 Å². The molecule has 1 aliphatic rings. The van der Waals surface area contributed by atoms with Crippen molar-refractivity contribution in [2.75, 3.05) is 13.7 Å². The highest BCUT2D eigenvalue weighted by molar-refractivity contribution is 5.28. The number of ether oxygens (including phenoxy) is 2. The van der Waals surface area contributed by atoms with E-state index >= 15 is 0 Å². The highest BCUT2D eigenvalue weighted by atomic mass is 16.5. The average molecular weight is 235 g/mol. The van der Waals surface area contributed by atoms with E-state index in [2.05, 4.69) is 38.2 Å². The van der Waals surface area contributed by atoms with Crippen LogP contribution in [0.4, 0.5) is 0 Å².